The Morgan fingerprint density at radius 2 is 0.900 bits per heavy atom. The molecule has 0 aromatic carbocycles. The maximum atomic E-state index is 12.6. The van der Waals surface area contributed by atoms with E-state index in [1.54, 1.807) is 6.08 Å². The summed E-state index contributed by atoms with van der Waals surface area (Å²) in [6, 6.07) is -1.25. The van der Waals surface area contributed by atoms with E-state index >= 15 is 0 Å². The number of unbranched alkanes of at least 4 members (excludes halogenated alkanes) is 24. The van der Waals surface area contributed by atoms with Gasteiger partial charge in [-0.25, -0.2) is 0 Å². The highest BCUT2D eigenvalue weighted by molar-refractivity contribution is 7.85. The maximum absolute atomic E-state index is 12.6. The summed E-state index contributed by atoms with van der Waals surface area (Å²) in [6.07, 6.45) is 43.4. The lowest BCUT2D eigenvalue weighted by Crippen LogP contribution is -2.50. The Morgan fingerprint density at radius 3 is 1.32 bits per heavy atom. The number of amides is 1. The third-order valence-electron chi connectivity index (χ3n) is 9.40. The third-order valence-corrected chi connectivity index (χ3v) is 10.2. The van der Waals surface area contributed by atoms with Crippen LogP contribution in [0.4, 0.5) is 0 Å². The molecular weight excluding hydrogens is 647 g/mol. The smallest absolute Gasteiger partial charge is 0.267 e. The lowest BCUT2D eigenvalue weighted by Gasteiger charge is -2.22. The summed E-state index contributed by atoms with van der Waals surface area (Å²) in [5.74, 6) is -1.56. The molecule has 0 heterocycles. The standard InChI is InChI=1S/C42H79NO6S/c1-3-5-7-9-11-13-15-17-19-20-21-22-23-25-27-29-31-33-35-37-41(45)42(46)43-39(38-50(47,48)49)40(44)36-34-32-30-28-26-24-18-16-14-12-10-8-6-4-2/h21-22,26,28,34,36,39-41,44-45H,3-20,23-25,27,29-33,35,37-38H2,1-2H3,(H,43,46)(H,47,48,49)/b22-21-,28-26+,36-34+. The highest BCUT2D eigenvalue weighted by Crippen LogP contribution is 2.14. The zero-order valence-electron chi connectivity index (χ0n) is 32.4. The highest BCUT2D eigenvalue weighted by Gasteiger charge is 2.27. The summed E-state index contributed by atoms with van der Waals surface area (Å²) in [5.41, 5.74) is 0. The molecule has 3 unspecified atom stereocenters. The van der Waals surface area contributed by atoms with Crippen LogP contribution in [0.3, 0.4) is 0 Å². The van der Waals surface area contributed by atoms with Crippen molar-refractivity contribution in [1.82, 2.24) is 5.32 Å². The van der Waals surface area contributed by atoms with Gasteiger partial charge in [-0.1, -0.05) is 179 Å². The van der Waals surface area contributed by atoms with Gasteiger partial charge in [0.2, 0.25) is 5.91 Å². The monoisotopic (exact) mass is 726 g/mol. The van der Waals surface area contributed by atoms with Gasteiger partial charge in [-0.3, -0.25) is 9.35 Å². The van der Waals surface area contributed by atoms with Crippen LogP contribution in [-0.4, -0.2) is 53.1 Å². The minimum absolute atomic E-state index is 0.267. The SMILES string of the molecule is CCCCCCCCCC/C=C/CC/C=C/C(O)C(CS(=O)(=O)O)NC(=O)C(O)CCCCCCCC/C=C\CCCCCCCCCCC. The van der Waals surface area contributed by atoms with Crippen LogP contribution < -0.4 is 5.32 Å². The molecule has 0 aromatic rings. The molecule has 1 amide bonds. The van der Waals surface area contributed by atoms with Crippen LogP contribution in [-0.2, 0) is 14.9 Å². The van der Waals surface area contributed by atoms with Crippen LogP contribution in [0.2, 0.25) is 0 Å². The van der Waals surface area contributed by atoms with Crippen molar-refractivity contribution >= 4 is 16.0 Å². The van der Waals surface area contributed by atoms with Crippen LogP contribution >= 0.6 is 0 Å². The van der Waals surface area contributed by atoms with Crippen LogP contribution in [0.1, 0.15) is 200 Å². The van der Waals surface area contributed by atoms with Gasteiger partial charge < -0.3 is 15.5 Å². The molecule has 0 rings (SSSR count). The zero-order valence-corrected chi connectivity index (χ0v) is 33.2. The van der Waals surface area contributed by atoms with E-state index in [2.05, 4.69) is 43.5 Å². The zero-order chi connectivity index (χ0) is 37.0. The largest absolute Gasteiger partial charge is 0.387 e. The Morgan fingerprint density at radius 1 is 0.540 bits per heavy atom. The number of allylic oxidation sites excluding steroid dienone is 5. The number of hydrogen-bond acceptors (Lipinski definition) is 5. The van der Waals surface area contributed by atoms with Crippen molar-refractivity contribution in [2.24, 2.45) is 0 Å². The second-order valence-corrected chi connectivity index (χ2v) is 15.9. The number of carbonyl (C=O) groups excluding carboxylic acids is 1. The molecule has 0 aromatic heterocycles. The molecule has 0 aliphatic carbocycles. The summed E-state index contributed by atoms with van der Waals surface area (Å²) in [4.78, 5) is 12.6. The van der Waals surface area contributed by atoms with E-state index in [9.17, 15) is 28.0 Å². The molecule has 0 bridgehead atoms. The van der Waals surface area contributed by atoms with E-state index in [1.807, 2.05) is 0 Å². The molecule has 8 heteroatoms. The Hall–Kier alpha value is -1.48. The van der Waals surface area contributed by atoms with Crippen molar-refractivity contribution in [3.63, 3.8) is 0 Å². The van der Waals surface area contributed by atoms with Gasteiger partial charge in [0.05, 0.1) is 17.9 Å². The quantitative estimate of drug-likeness (QED) is 0.0287. The molecule has 3 atom stereocenters. The van der Waals surface area contributed by atoms with Crippen LogP contribution in [0.25, 0.3) is 0 Å². The van der Waals surface area contributed by atoms with Crippen molar-refractivity contribution in [3.8, 4) is 0 Å². The lowest BCUT2D eigenvalue weighted by atomic mass is 10.0. The summed E-state index contributed by atoms with van der Waals surface area (Å²) in [6.45, 7) is 4.50. The molecule has 0 saturated heterocycles. The first-order chi connectivity index (χ1) is 24.2. The minimum Gasteiger partial charge on any atom is -0.387 e. The predicted octanol–water partition coefficient (Wildman–Crippen LogP) is 11.1. The summed E-state index contributed by atoms with van der Waals surface area (Å²) < 4.78 is 32.5. The van der Waals surface area contributed by atoms with Gasteiger partial charge in [-0.2, -0.15) is 8.42 Å². The number of rotatable bonds is 37. The number of aliphatic hydroxyl groups is 2. The Labute approximate surface area is 309 Å². The number of aliphatic hydroxyl groups excluding tert-OH is 2. The summed E-state index contributed by atoms with van der Waals surface area (Å²) in [5, 5.41) is 23.4. The number of hydrogen-bond donors (Lipinski definition) is 4. The number of nitrogens with one attached hydrogen (secondary N) is 1. The summed E-state index contributed by atoms with van der Waals surface area (Å²) >= 11 is 0. The first-order valence-electron chi connectivity index (χ1n) is 20.8. The fraction of sp³-hybridized carbons (Fsp3) is 0.833. The Bertz CT molecular complexity index is 948. The van der Waals surface area contributed by atoms with Crippen molar-refractivity contribution in [2.45, 2.75) is 218 Å². The van der Waals surface area contributed by atoms with E-state index < -0.39 is 40.0 Å². The minimum atomic E-state index is -4.45. The molecular formula is C42H79NO6S. The molecule has 0 fully saturated rings. The van der Waals surface area contributed by atoms with E-state index in [4.69, 9.17) is 0 Å². The molecule has 50 heavy (non-hydrogen) atoms. The molecule has 0 aliphatic heterocycles. The van der Waals surface area contributed by atoms with Crippen molar-refractivity contribution in [2.75, 3.05) is 5.75 Å². The first kappa shape index (κ1) is 48.5. The van der Waals surface area contributed by atoms with Gasteiger partial charge in [0.1, 0.15) is 6.10 Å². The first-order valence-corrected chi connectivity index (χ1v) is 22.4. The van der Waals surface area contributed by atoms with E-state index in [0.717, 1.165) is 38.5 Å². The Kier molecular flexibility index (Phi) is 34.8. The summed E-state index contributed by atoms with van der Waals surface area (Å²) in [7, 11) is -4.45. The van der Waals surface area contributed by atoms with Gasteiger partial charge in [-0.05, 0) is 57.8 Å². The number of carbonyl (C=O) groups is 1. The molecule has 4 N–H and O–H groups in total. The van der Waals surface area contributed by atoms with E-state index in [0.29, 0.717) is 12.8 Å². The van der Waals surface area contributed by atoms with Crippen LogP contribution in [0.5, 0.6) is 0 Å². The molecule has 0 spiro atoms. The fourth-order valence-electron chi connectivity index (χ4n) is 6.17. The van der Waals surface area contributed by atoms with Crippen LogP contribution in [0, 0.1) is 0 Å². The van der Waals surface area contributed by atoms with Crippen molar-refractivity contribution < 1.29 is 28.0 Å². The molecule has 0 saturated carbocycles. The predicted molar refractivity (Wildman–Crippen MR) is 213 cm³/mol. The lowest BCUT2D eigenvalue weighted by molar-refractivity contribution is -0.130. The molecule has 0 aliphatic rings. The fourth-order valence-corrected chi connectivity index (χ4v) is 6.91. The average Bonchev–Trinajstić information content (AvgIpc) is 3.08. The maximum Gasteiger partial charge on any atom is 0.267 e. The van der Waals surface area contributed by atoms with E-state index in [1.165, 1.54) is 134 Å². The second-order valence-electron chi connectivity index (χ2n) is 14.4. The molecule has 294 valence electrons. The average molecular weight is 726 g/mol. The normalized spacial score (nSPS) is 14.3. The second kappa shape index (κ2) is 35.9. The molecule has 7 nitrogen and oxygen atoms in total. The molecule has 0 radical (unpaired) electrons. The van der Waals surface area contributed by atoms with Crippen molar-refractivity contribution in [3.05, 3.63) is 36.5 Å². The van der Waals surface area contributed by atoms with Crippen molar-refractivity contribution in [1.29, 1.82) is 0 Å². The van der Waals surface area contributed by atoms with Gasteiger partial charge >= 0.3 is 0 Å². The Balaban J connectivity index is 4.06. The van der Waals surface area contributed by atoms with Gasteiger partial charge in [0, 0.05) is 0 Å². The third kappa shape index (κ3) is 34.9. The highest BCUT2D eigenvalue weighted by atomic mass is 32.2. The van der Waals surface area contributed by atoms with Gasteiger partial charge in [0.25, 0.3) is 10.1 Å². The topological polar surface area (TPSA) is 124 Å². The van der Waals surface area contributed by atoms with Gasteiger partial charge in [-0.15, -0.1) is 0 Å². The van der Waals surface area contributed by atoms with Crippen LogP contribution in [0.15, 0.2) is 36.5 Å². The van der Waals surface area contributed by atoms with Gasteiger partial charge in [0.15, 0.2) is 0 Å². The van der Waals surface area contributed by atoms with E-state index in [-0.39, 0.29) is 6.42 Å².